The number of aliphatic hydroxyl groups is 1. The van der Waals surface area contributed by atoms with Crippen LogP contribution in [0.5, 0.6) is 0 Å². The molecule has 54 valence electrons. The van der Waals surface area contributed by atoms with Gasteiger partial charge < -0.3 is 10.2 Å². The summed E-state index contributed by atoms with van der Waals surface area (Å²) in [4.78, 5) is 9.91. The van der Waals surface area contributed by atoms with Gasteiger partial charge in [-0.05, 0) is 0 Å². The summed E-state index contributed by atoms with van der Waals surface area (Å²) in [6.07, 6.45) is -1.57. The quantitative estimate of drug-likeness (QED) is 0.602. The molecular formula is C4H6Cl2O3. The Morgan fingerprint density at radius 1 is 1.67 bits per heavy atom. The predicted molar refractivity (Wildman–Crippen MR) is 34.0 cm³/mol. The average Bonchev–Trinajstić information content (AvgIpc) is 1.84. The molecule has 2 atom stereocenters. The van der Waals surface area contributed by atoms with E-state index in [1.807, 2.05) is 0 Å². The number of alkyl halides is 2. The van der Waals surface area contributed by atoms with Gasteiger partial charge in [-0.1, -0.05) is 0 Å². The first-order valence-corrected chi connectivity index (χ1v) is 3.17. The molecule has 0 bridgehead atoms. The minimum Gasteiger partial charge on any atom is -0.479 e. The largest absolute Gasteiger partial charge is 0.479 e. The van der Waals surface area contributed by atoms with Crippen LogP contribution >= 0.6 is 23.2 Å². The van der Waals surface area contributed by atoms with Gasteiger partial charge in [-0.25, -0.2) is 4.79 Å². The molecule has 0 aliphatic rings. The van der Waals surface area contributed by atoms with Gasteiger partial charge in [0.15, 0.2) is 6.10 Å². The SMILES string of the molecule is O=C(O)[C@@H](O)[C@@H](Cl)CCl. The molecule has 0 rings (SSSR count). The van der Waals surface area contributed by atoms with Crippen molar-refractivity contribution in [1.82, 2.24) is 0 Å². The second kappa shape index (κ2) is 3.93. The van der Waals surface area contributed by atoms with Crippen LogP contribution in [0, 0.1) is 0 Å². The van der Waals surface area contributed by atoms with Crippen LogP contribution in [0.15, 0.2) is 0 Å². The number of rotatable bonds is 3. The van der Waals surface area contributed by atoms with Crippen molar-refractivity contribution in [3.63, 3.8) is 0 Å². The Kier molecular flexibility index (Phi) is 3.93. The lowest BCUT2D eigenvalue weighted by Gasteiger charge is -2.07. The van der Waals surface area contributed by atoms with E-state index in [1.54, 1.807) is 0 Å². The normalized spacial score (nSPS) is 16.8. The van der Waals surface area contributed by atoms with Gasteiger partial charge >= 0.3 is 5.97 Å². The first-order valence-electron chi connectivity index (χ1n) is 2.20. The van der Waals surface area contributed by atoms with Crippen LogP contribution in [0.1, 0.15) is 0 Å². The van der Waals surface area contributed by atoms with Crippen LogP contribution in [0.25, 0.3) is 0 Å². The molecule has 0 aliphatic carbocycles. The summed E-state index contributed by atoms with van der Waals surface area (Å²) < 4.78 is 0. The summed E-state index contributed by atoms with van der Waals surface area (Å²) in [6.45, 7) is 0. The van der Waals surface area contributed by atoms with Crippen molar-refractivity contribution in [2.24, 2.45) is 0 Å². The van der Waals surface area contributed by atoms with E-state index >= 15 is 0 Å². The Morgan fingerprint density at radius 3 is 2.22 bits per heavy atom. The topological polar surface area (TPSA) is 57.5 Å². The maximum absolute atomic E-state index is 9.91. The molecule has 0 amide bonds. The van der Waals surface area contributed by atoms with Crippen molar-refractivity contribution >= 4 is 29.2 Å². The number of carboxylic acids is 1. The smallest absolute Gasteiger partial charge is 0.334 e. The molecule has 0 saturated heterocycles. The van der Waals surface area contributed by atoms with Crippen LogP contribution < -0.4 is 0 Å². The Hall–Kier alpha value is 0.01000. The minimum absolute atomic E-state index is 0.0744. The maximum Gasteiger partial charge on any atom is 0.334 e. The van der Waals surface area contributed by atoms with E-state index in [0.717, 1.165) is 0 Å². The molecule has 0 aromatic heterocycles. The number of aliphatic carboxylic acids is 1. The first kappa shape index (κ1) is 9.01. The third-order valence-corrected chi connectivity index (χ3v) is 1.63. The van der Waals surface area contributed by atoms with Crippen LogP contribution in [-0.4, -0.2) is 33.5 Å². The van der Waals surface area contributed by atoms with Gasteiger partial charge in [-0.15, -0.1) is 23.2 Å². The maximum atomic E-state index is 9.91. The Balaban J connectivity index is 3.72. The van der Waals surface area contributed by atoms with Gasteiger partial charge in [0, 0.05) is 5.88 Å². The Morgan fingerprint density at radius 2 is 2.11 bits per heavy atom. The second-order valence-corrected chi connectivity index (χ2v) is 2.32. The van der Waals surface area contributed by atoms with E-state index in [2.05, 4.69) is 0 Å². The molecule has 0 fully saturated rings. The van der Waals surface area contributed by atoms with Gasteiger partial charge in [0.2, 0.25) is 0 Å². The fourth-order valence-corrected chi connectivity index (χ4v) is 0.516. The third-order valence-electron chi connectivity index (χ3n) is 0.743. The molecule has 9 heavy (non-hydrogen) atoms. The predicted octanol–water partition coefficient (Wildman–Crippen LogP) is 0.278. The highest BCUT2D eigenvalue weighted by Crippen LogP contribution is 2.04. The number of hydrogen-bond acceptors (Lipinski definition) is 2. The van der Waals surface area contributed by atoms with Gasteiger partial charge in [0.25, 0.3) is 0 Å². The van der Waals surface area contributed by atoms with E-state index in [1.165, 1.54) is 0 Å². The fourth-order valence-electron chi connectivity index (χ4n) is 0.239. The van der Waals surface area contributed by atoms with Gasteiger partial charge in [-0.3, -0.25) is 0 Å². The molecule has 0 aromatic carbocycles. The van der Waals surface area contributed by atoms with Gasteiger partial charge in [0.1, 0.15) is 0 Å². The highest BCUT2D eigenvalue weighted by atomic mass is 35.5. The minimum atomic E-state index is -1.57. The van der Waals surface area contributed by atoms with E-state index in [-0.39, 0.29) is 5.88 Å². The van der Waals surface area contributed by atoms with E-state index in [4.69, 9.17) is 33.4 Å². The molecule has 0 unspecified atom stereocenters. The molecule has 0 heterocycles. The Bertz CT molecular complexity index is 106. The zero-order valence-electron chi connectivity index (χ0n) is 4.42. The van der Waals surface area contributed by atoms with Crippen molar-refractivity contribution < 1.29 is 15.0 Å². The molecule has 0 aliphatic heterocycles. The van der Waals surface area contributed by atoms with Crippen LogP contribution in [-0.2, 0) is 4.79 Å². The molecule has 0 radical (unpaired) electrons. The highest BCUT2D eigenvalue weighted by Gasteiger charge is 2.22. The van der Waals surface area contributed by atoms with Crippen molar-refractivity contribution in [3.8, 4) is 0 Å². The van der Waals surface area contributed by atoms with E-state index in [0.29, 0.717) is 0 Å². The van der Waals surface area contributed by atoms with E-state index in [9.17, 15) is 4.79 Å². The number of halogens is 2. The third kappa shape index (κ3) is 2.89. The molecule has 2 N–H and O–H groups in total. The van der Waals surface area contributed by atoms with Crippen molar-refractivity contribution in [1.29, 1.82) is 0 Å². The van der Waals surface area contributed by atoms with E-state index < -0.39 is 17.5 Å². The number of hydrogen-bond donors (Lipinski definition) is 2. The van der Waals surface area contributed by atoms with Crippen molar-refractivity contribution in [3.05, 3.63) is 0 Å². The molecule has 0 saturated carbocycles. The average molecular weight is 173 g/mol. The molecule has 0 aromatic rings. The summed E-state index contributed by atoms with van der Waals surface area (Å²) in [5, 5.41) is 15.8. The Labute approximate surface area is 62.2 Å². The summed E-state index contributed by atoms with van der Waals surface area (Å²) >= 11 is 10.4. The number of aliphatic hydroxyl groups excluding tert-OH is 1. The molecule has 3 nitrogen and oxygen atoms in total. The standard InChI is InChI=1S/C4H6Cl2O3/c5-1-2(6)3(7)4(8)9/h2-3,7H,1H2,(H,8,9)/t2-,3-/m0/s1. The lowest BCUT2D eigenvalue weighted by Crippen LogP contribution is -2.30. The number of carboxylic acid groups (broad SMARTS) is 1. The lowest BCUT2D eigenvalue weighted by molar-refractivity contribution is -0.146. The van der Waals surface area contributed by atoms with Crippen molar-refractivity contribution in [2.75, 3.05) is 5.88 Å². The van der Waals surface area contributed by atoms with Gasteiger partial charge in [-0.2, -0.15) is 0 Å². The molecule has 5 heteroatoms. The zero-order chi connectivity index (χ0) is 7.44. The monoisotopic (exact) mass is 172 g/mol. The summed E-state index contributed by atoms with van der Waals surface area (Å²) in [7, 11) is 0. The molecular weight excluding hydrogens is 167 g/mol. The lowest BCUT2D eigenvalue weighted by atomic mass is 10.3. The second-order valence-electron chi connectivity index (χ2n) is 1.45. The van der Waals surface area contributed by atoms with Crippen LogP contribution in [0.4, 0.5) is 0 Å². The number of carbonyl (C=O) groups is 1. The van der Waals surface area contributed by atoms with Crippen LogP contribution in [0.3, 0.4) is 0 Å². The zero-order valence-corrected chi connectivity index (χ0v) is 5.93. The molecule has 0 spiro atoms. The van der Waals surface area contributed by atoms with Gasteiger partial charge in [0.05, 0.1) is 5.38 Å². The summed E-state index contributed by atoms with van der Waals surface area (Å²) in [5.41, 5.74) is 0. The highest BCUT2D eigenvalue weighted by molar-refractivity contribution is 6.29. The summed E-state index contributed by atoms with van der Waals surface area (Å²) in [5.74, 6) is -1.43. The first-order chi connectivity index (χ1) is 4.09. The van der Waals surface area contributed by atoms with Crippen LogP contribution in [0.2, 0.25) is 0 Å². The fraction of sp³-hybridized carbons (Fsp3) is 0.750. The van der Waals surface area contributed by atoms with Crippen molar-refractivity contribution in [2.45, 2.75) is 11.5 Å². The summed E-state index contributed by atoms with van der Waals surface area (Å²) in [6, 6.07) is 0.